The normalized spacial score (nSPS) is 17.5. The summed E-state index contributed by atoms with van der Waals surface area (Å²) in [6.07, 6.45) is 4.34. The van der Waals surface area contributed by atoms with Crippen molar-refractivity contribution in [1.82, 2.24) is 10.3 Å². The van der Waals surface area contributed by atoms with Crippen molar-refractivity contribution in [3.63, 3.8) is 0 Å². The van der Waals surface area contributed by atoms with Gasteiger partial charge in [0, 0.05) is 11.7 Å². The zero-order valence-electron chi connectivity index (χ0n) is 12.6. The monoisotopic (exact) mass is 281 g/mol. The highest BCUT2D eigenvalue weighted by molar-refractivity contribution is 5.47. The van der Waals surface area contributed by atoms with Crippen LogP contribution in [0.15, 0.2) is 36.4 Å². The maximum atomic E-state index is 5.98. The molecule has 0 bridgehead atoms. The third-order valence-electron chi connectivity index (χ3n) is 4.31. The molecule has 3 rings (SSSR count). The van der Waals surface area contributed by atoms with E-state index in [0.29, 0.717) is 6.04 Å². The van der Waals surface area contributed by atoms with Crippen LogP contribution in [-0.2, 0) is 19.3 Å². The molecule has 3 N–H and O–H groups in total. The summed E-state index contributed by atoms with van der Waals surface area (Å²) in [6, 6.07) is 13.3. The van der Waals surface area contributed by atoms with Crippen LogP contribution in [0.2, 0.25) is 0 Å². The van der Waals surface area contributed by atoms with Gasteiger partial charge in [-0.25, -0.2) is 0 Å². The van der Waals surface area contributed by atoms with E-state index in [-0.39, 0.29) is 0 Å². The number of benzene rings is 1. The van der Waals surface area contributed by atoms with Crippen molar-refractivity contribution in [3.8, 4) is 0 Å². The molecular formula is C18H23N3. The van der Waals surface area contributed by atoms with Gasteiger partial charge in [0.1, 0.15) is 0 Å². The molecule has 1 atom stereocenters. The molecule has 1 unspecified atom stereocenters. The molecule has 1 heterocycles. The van der Waals surface area contributed by atoms with Gasteiger partial charge >= 0.3 is 0 Å². The molecular weight excluding hydrogens is 258 g/mol. The van der Waals surface area contributed by atoms with E-state index in [9.17, 15) is 0 Å². The van der Waals surface area contributed by atoms with Crippen LogP contribution in [0.1, 0.15) is 28.9 Å². The first kappa shape index (κ1) is 14.1. The van der Waals surface area contributed by atoms with Crippen molar-refractivity contribution in [2.75, 3.05) is 12.3 Å². The minimum Gasteiger partial charge on any atom is -0.397 e. The van der Waals surface area contributed by atoms with Crippen molar-refractivity contribution in [3.05, 3.63) is 58.9 Å². The number of nitrogens with zero attached hydrogens (tertiary/aromatic N) is 1. The number of nitrogens with two attached hydrogens (primary N) is 1. The van der Waals surface area contributed by atoms with Crippen molar-refractivity contribution in [2.24, 2.45) is 0 Å². The summed E-state index contributed by atoms with van der Waals surface area (Å²) in [7, 11) is 0. The lowest BCUT2D eigenvalue weighted by molar-refractivity contribution is 0.457. The Hall–Kier alpha value is -1.87. The van der Waals surface area contributed by atoms with Gasteiger partial charge in [-0.15, -0.1) is 0 Å². The van der Waals surface area contributed by atoms with E-state index in [1.165, 1.54) is 16.8 Å². The number of aryl methyl sites for hydroxylation is 2. The van der Waals surface area contributed by atoms with Crippen LogP contribution in [0.3, 0.4) is 0 Å². The minimum absolute atomic E-state index is 0.546. The van der Waals surface area contributed by atoms with Crippen LogP contribution >= 0.6 is 0 Å². The molecule has 0 fully saturated rings. The molecule has 0 saturated carbocycles. The number of fused-ring (bicyclic) bond motifs is 1. The number of pyridine rings is 1. The first-order valence-electron chi connectivity index (χ1n) is 7.74. The highest BCUT2D eigenvalue weighted by atomic mass is 14.9. The predicted octanol–water partition coefficient (Wildman–Crippen LogP) is 2.66. The largest absolute Gasteiger partial charge is 0.397 e. The average molecular weight is 281 g/mol. The number of hydrogen-bond acceptors (Lipinski definition) is 3. The quantitative estimate of drug-likeness (QED) is 0.906. The molecule has 0 amide bonds. The van der Waals surface area contributed by atoms with Crippen LogP contribution < -0.4 is 11.1 Å². The van der Waals surface area contributed by atoms with Crippen LogP contribution in [0.4, 0.5) is 5.69 Å². The molecule has 110 valence electrons. The fraction of sp³-hybridized carbons (Fsp3) is 0.389. The second-order valence-corrected chi connectivity index (χ2v) is 5.90. The van der Waals surface area contributed by atoms with Gasteiger partial charge in [0.25, 0.3) is 0 Å². The molecule has 1 aliphatic rings. The number of nitrogen functional groups attached to an aromatic ring is 1. The Morgan fingerprint density at radius 3 is 2.90 bits per heavy atom. The summed E-state index contributed by atoms with van der Waals surface area (Å²) in [5, 5.41) is 3.68. The molecule has 0 spiro atoms. The van der Waals surface area contributed by atoms with E-state index in [1.54, 1.807) is 0 Å². The Labute approximate surface area is 126 Å². The van der Waals surface area contributed by atoms with Crippen molar-refractivity contribution in [1.29, 1.82) is 0 Å². The lowest BCUT2D eigenvalue weighted by Crippen LogP contribution is -2.36. The lowest BCUT2D eigenvalue weighted by atomic mass is 9.91. The summed E-state index contributed by atoms with van der Waals surface area (Å²) in [5.41, 5.74) is 11.7. The van der Waals surface area contributed by atoms with E-state index >= 15 is 0 Å². The van der Waals surface area contributed by atoms with E-state index in [2.05, 4.69) is 46.7 Å². The van der Waals surface area contributed by atoms with Crippen molar-refractivity contribution in [2.45, 2.75) is 38.6 Å². The average Bonchev–Trinajstić information content (AvgIpc) is 2.50. The first-order chi connectivity index (χ1) is 10.2. The van der Waals surface area contributed by atoms with Gasteiger partial charge in [0.05, 0.1) is 11.4 Å². The molecule has 1 aromatic heterocycles. The van der Waals surface area contributed by atoms with Gasteiger partial charge in [-0.1, -0.05) is 30.3 Å². The molecule has 0 saturated heterocycles. The van der Waals surface area contributed by atoms with E-state index in [0.717, 1.165) is 43.6 Å². The Bertz CT molecular complexity index is 607. The van der Waals surface area contributed by atoms with Crippen molar-refractivity contribution >= 4 is 5.69 Å². The fourth-order valence-electron chi connectivity index (χ4n) is 3.03. The molecule has 3 nitrogen and oxygen atoms in total. The summed E-state index contributed by atoms with van der Waals surface area (Å²) >= 11 is 0. The topological polar surface area (TPSA) is 50.9 Å². The van der Waals surface area contributed by atoms with E-state index < -0.39 is 0 Å². The maximum absolute atomic E-state index is 5.98. The van der Waals surface area contributed by atoms with Crippen LogP contribution in [-0.4, -0.2) is 17.6 Å². The fourth-order valence-corrected chi connectivity index (χ4v) is 3.03. The third kappa shape index (κ3) is 3.42. The van der Waals surface area contributed by atoms with Gasteiger partial charge in [0.2, 0.25) is 0 Å². The molecule has 0 aliphatic heterocycles. The number of anilines is 1. The molecule has 3 heteroatoms. The SMILES string of the molecule is Cc1nc2c(cc1N)CC(NCCc1ccccc1)CC2. The number of aromatic nitrogens is 1. The van der Waals surface area contributed by atoms with Crippen LogP contribution in [0, 0.1) is 6.92 Å². The summed E-state index contributed by atoms with van der Waals surface area (Å²) < 4.78 is 0. The number of rotatable bonds is 4. The van der Waals surface area contributed by atoms with Crippen LogP contribution in [0.25, 0.3) is 0 Å². The predicted molar refractivity (Wildman–Crippen MR) is 87.3 cm³/mol. The van der Waals surface area contributed by atoms with Gasteiger partial charge in [-0.05, 0) is 56.3 Å². The molecule has 0 radical (unpaired) electrons. The standard InChI is InChI=1S/C18H23N3/c1-13-17(19)12-15-11-16(7-8-18(15)21-13)20-10-9-14-5-3-2-4-6-14/h2-6,12,16,20H,7-11,19H2,1H3. The molecule has 21 heavy (non-hydrogen) atoms. The Morgan fingerprint density at radius 2 is 2.10 bits per heavy atom. The Balaban J connectivity index is 1.55. The highest BCUT2D eigenvalue weighted by Crippen LogP contribution is 2.23. The van der Waals surface area contributed by atoms with Crippen LogP contribution in [0.5, 0.6) is 0 Å². The van der Waals surface area contributed by atoms with Crippen molar-refractivity contribution < 1.29 is 0 Å². The smallest absolute Gasteiger partial charge is 0.0605 e. The van der Waals surface area contributed by atoms with Gasteiger partial charge in [0.15, 0.2) is 0 Å². The van der Waals surface area contributed by atoms with Gasteiger partial charge in [-0.3, -0.25) is 4.98 Å². The minimum atomic E-state index is 0.546. The van der Waals surface area contributed by atoms with Gasteiger partial charge < -0.3 is 11.1 Å². The first-order valence-corrected chi connectivity index (χ1v) is 7.74. The lowest BCUT2D eigenvalue weighted by Gasteiger charge is -2.25. The van der Waals surface area contributed by atoms with E-state index in [1.807, 2.05) is 6.92 Å². The number of nitrogens with one attached hydrogen (secondary N) is 1. The summed E-state index contributed by atoms with van der Waals surface area (Å²) in [5.74, 6) is 0. The summed E-state index contributed by atoms with van der Waals surface area (Å²) in [4.78, 5) is 4.62. The molecule has 1 aliphatic carbocycles. The Morgan fingerprint density at radius 1 is 1.29 bits per heavy atom. The second kappa shape index (κ2) is 6.27. The molecule has 1 aromatic carbocycles. The van der Waals surface area contributed by atoms with Gasteiger partial charge in [-0.2, -0.15) is 0 Å². The second-order valence-electron chi connectivity index (χ2n) is 5.90. The zero-order valence-corrected chi connectivity index (χ0v) is 12.6. The molecule has 2 aromatic rings. The summed E-state index contributed by atoms with van der Waals surface area (Å²) in [6.45, 7) is 3.01. The third-order valence-corrected chi connectivity index (χ3v) is 4.31. The zero-order chi connectivity index (χ0) is 14.7. The number of hydrogen-bond donors (Lipinski definition) is 2. The Kier molecular flexibility index (Phi) is 4.20. The maximum Gasteiger partial charge on any atom is 0.0605 e. The highest BCUT2D eigenvalue weighted by Gasteiger charge is 2.20. The van der Waals surface area contributed by atoms with E-state index in [4.69, 9.17) is 5.73 Å².